The fourth-order valence-electron chi connectivity index (χ4n) is 3.67. The Bertz CT molecular complexity index is 1230. The minimum atomic E-state index is -1.92. The first-order chi connectivity index (χ1) is 14.2. The van der Waals surface area contributed by atoms with Crippen LogP contribution in [0.5, 0.6) is 0 Å². The van der Waals surface area contributed by atoms with E-state index in [9.17, 15) is 18.3 Å². The lowest BCUT2D eigenvalue weighted by atomic mass is 9.86. The number of hydrogen-bond donors (Lipinski definition) is 1. The van der Waals surface area contributed by atoms with E-state index >= 15 is 0 Å². The van der Waals surface area contributed by atoms with Gasteiger partial charge >= 0.3 is 0 Å². The standard InChI is InChI=1S/C20H17ClF3N5O/c1-11-15-5-13(21)6-18(24)19(15)27-29(11)12(2)20(30,8-28-10-25-9-26-28)16-4-3-14(22)7-17(16)23/h3-7,9-10,12,30H,8H2,1-2H3/t12-,20-/m1/s1. The van der Waals surface area contributed by atoms with Gasteiger partial charge in [0, 0.05) is 27.7 Å². The molecule has 6 nitrogen and oxygen atoms in total. The van der Waals surface area contributed by atoms with Gasteiger partial charge < -0.3 is 5.11 Å². The molecule has 0 aliphatic heterocycles. The van der Waals surface area contributed by atoms with Gasteiger partial charge in [0.25, 0.3) is 0 Å². The summed E-state index contributed by atoms with van der Waals surface area (Å²) >= 11 is 5.97. The molecule has 2 atom stereocenters. The van der Waals surface area contributed by atoms with Crippen molar-refractivity contribution in [1.29, 1.82) is 0 Å². The molecule has 4 aromatic rings. The molecule has 0 aliphatic rings. The number of aryl methyl sites for hydroxylation is 1. The summed E-state index contributed by atoms with van der Waals surface area (Å²) in [6.45, 7) is 3.10. The van der Waals surface area contributed by atoms with Crippen molar-refractivity contribution in [2.24, 2.45) is 0 Å². The summed E-state index contributed by atoms with van der Waals surface area (Å²) in [6, 6.07) is 4.75. The summed E-state index contributed by atoms with van der Waals surface area (Å²) < 4.78 is 45.3. The third-order valence-electron chi connectivity index (χ3n) is 5.29. The molecule has 30 heavy (non-hydrogen) atoms. The minimum absolute atomic E-state index is 0.0754. The van der Waals surface area contributed by atoms with Gasteiger partial charge in [-0.15, -0.1) is 0 Å². The molecule has 0 amide bonds. The average molecular weight is 436 g/mol. The number of aliphatic hydroxyl groups is 1. The van der Waals surface area contributed by atoms with Gasteiger partial charge in [-0.05, 0) is 32.0 Å². The van der Waals surface area contributed by atoms with E-state index in [2.05, 4.69) is 15.2 Å². The molecular weight excluding hydrogens is 419 g/mol. The highest BCUT2D eigenvalue weighted by molar-refractivity contribution is 6.31. The Morgan fingerprint density at radius 1 is 1.17 bits per heavy atom. The molecule has 0 bridgehead atoms. The van der Waals surface area contributed by atoms with Crippen LogP contribution in [-0.2, 0) is 12.1 Å². The van der Waals surface area contributed by atoms with Crippen LogP contribution in [0.4, 0.5) is 13.2 Å². The predicted molar refractivity (Wildman–Crippen MR) is 104 cm³/mol. The van der Waals surface area contributed by atoms with Gasteiger partial charge in [-0.1, -0.05) is 17.7 Å². The van der Waals surface area contributed by atoms with E-state index in [0.29, 0.717) is 17.1 Å². The maximum Gasteiger partial charge on any atom is 0.152 e. The van der Waals surface area contributed by atoms with Crippen LogP contribution >= 0.6 is 11.6 Å². The lowest BCUT2D eigenvalue weighted by molar-refractivity contribution is -0.0373. The van der Waals surface area contributed by atoms with E-state index in [0.717, 1.165) is 12.1 Å². The predicted octanol–water partition coefficient (Wildman–Crippen LogP) is 4.16. The third kappa shape index (κ3) is 3.33. The fraction of sp³-hybridized carbons (Fsp3) is 0.250. The molecule has 0 aliphatic carbocycles. The molecule has 2 aromatic heterocycles. The largest absolute Gasteiger partial charge is 0.381 e. The Labute approximate surface area is 174 Å². The molecule has 4 rings (SSSR count). The van der Waals surface area contributed by atoms with Crippen LogP contribution in [0.25, 0.3) is 10.9 Å². The molecule has 2 aromatic carbocycles. The van der Waals surface area contributed by atoms with E-state index in [4.69, 9.17) is 11.6 Å². The highest BCUT2D eigenvalue weighted by Gasteiger charge is 2.41. The summed E-state index contributed by atoms with van der Waals surface area (Å²) in [7, 11) is 0. The molecular formula is C20H17ClF3N5O. The van der Waals surface area contributed by atoms with Gasteiger partial charge in [-0.25, -0.2) is 22.8 Å². The zero-order valence-corrected chi connectivity index (χ0v) is 16.8. The number of benzene rings is 2. The summed E-state index contributed by atoms with van der Waals surface area (Å²) in [4.78, 5) is 3.84. The number of fused-ring (bicyclic) bond motifs is 1. The Kier molecular flexibility index (Phi) is 5.03. The van der Waals surface area contributed by atoms with Gasteiger partial charge in [-0.3, -0.25) is 4.68 Å². The van der Waals surface area contributed by atoms with Crippen LogP contribution in [0.3, 0.4) is 0 Å². The summed E-state index contributed by atoms with van der Waals surface area (Å²) in [5, 5.41) is 20.6. The lowest BCUT2D eigenvalue weighted by Gasteiger charge is -2.35. The summed E-state index contributed by atoms with van der Waals surface area (Å²) in [5.74, 6) is -2.31. The van der Waals surface area contributed by atoms with Crippen molar-refractivity contribution in [3.63, 3.8) is 0 Å². The maximum absolute atomic E-state index is 14.7. The highest BCUT2D eigenvalue weighted by atomic mass is 35.5. The van der Waals surface area contributed by atoms with Gasteiger partial charge in [0.15, 0.2) is 5.82 Å². The van der Waals surface area contributed by atoms with E-state index < -0.39 is 29.1 Å². The van der Waals surface area contributed by atoms with Crippen LogP contribution < -0.4 is 0 Å². The Morgan fingerprint density at radius 3 is 2.60 bits per heavy atom. The van der Waals surface area contributed by atoms with Crippen molar-refractivity contribution >= 4 is 22.5 Å². The first kappa shape index (κ1) is 20.4. The molecule has 0 unspecified atom stereocenters. The molecule has 156 valence electrons. The number of hydrogen-bond acceptors (Lipinski definition) is 4. The molecule has 2 heterocycles. The van der Waals surface area contributed by atoms with E-state index in [-0.39, 0.29) is 22.6 Å². The van der Waals surface area contributed by atoms with E-state index in [1.54, 1.807) is 19.9 Å². The number of aromatic nitrogens is 5. The first-order valence-electron chi connectivity index (χ1n) is 9.05. The van der Waals surface area contributed by atoms with E-state index in [1.165, 1.54) is 28.1 Å². The molecule has 1 N–H and O–H groups in total. The van der Waals surface area contributed by atoms with Crippen molar-refractivity contribution in [2.45, 2.75) is 32.0 Å². The van der Waals surface area contributed by atoms with Crippen molar-refractivity contribution in [3.05, 3.63) is 76.7 Å². The van der Waals surface area contributed by atoms with Crippen molar-refractivity contribution < 1.29 is 18.3 Å². The topological polar surface area (TPSA) is 68.8 Å². The molecule has 0 radical (unpaired) electrons. The second-order valence-electron chi connectivity index (χ2n) is 7.13. The Hall–Kier alpha value is -2.91. The molecule has 10 heteroatoms. The zero-order chi connectivity index (χ0) is 21.6. The number of halogens is 4. The molecule has 0 spiro atoms. The lowest BCUT2D eigenvalue weighted by Crippen LogP contribution is -2.41. The molecule has 0 saturated carbocycles. The quantitative estimate of drug-likeness (QED) is 0.511. The smallest absolute Gasteiger partial charge is 0.152 e. The Balaban J connectivity index is 1.90. The summed E-state index contributed by atoms with van der Waals surface area (Å²) in [6.07, 6.45) is 2.64. The van der Waals surface area contributed by atoms with Crippen LogP contribution in [0.15, 0.2) is 43.0 Å². The highest BCUT2D eigenvalue weighted by Crippen LogP contribution is 2.38. The second-order valence-corrected chi connectivity index (χ2v) is 7.57. The van der Waals surface area contributed by atoms with Gasteiger partial charge in [-0.2, -0.15) is 10.2 Å². The van der Waals surface area contributed by atoms with Crippen LogP contribution in [0.1, 0.15) is 24.2 Å². The SMILES string of the molecule is Cc1c2cc(Cl)cc(F)c2nn1[C@H](C)[C@](O)(Cn1cncn1)c1ccc(F)cc1F. The van der Waals surface area contributed by atoms with Gasteiger partial charge in [0.1, 0.15) is 35.4 Å². The first-order valence-corrected chi connectivity index (χ1v) is 9.42. The maximum atomic E-state index is 14.7. The van der Waals surface area contributed by atoms with E-state index in [1.807, 2.05) is 0 Å². The zero-order valence-electron chi connectivity index (χ0n) is 16.0. The van der Waals surface area contributed by atoms with Gasteiger partial charge in [0.05, 0.1) is 12.6 Å². The molecule has 0 saturated heterocycles. The van der Waals surface area contributed by atoms with Crippen LogP contribution in [0, 0.1) is 24.4 Å². The average Bonchev–Trinajstić information content (AvgIpc) is 3.29. The van der Waals surface area contributed by atoms with Crippen molar-refractivity contribution in [2.75, 3.05) is 0 Å². The third-order valence-corrected chi connectivity index (χ3v) is 5.51. The van der Waals surface area contributed by atoms with Gasteiger partial charge in [0.2, 0.25) is 0 Å². The normalized spacial score (nSPS) is 14.8. The minimum Gasteiger partial charge on any atom is -0.381 e. The fourth-order valence-corrected chi connectivity index (χ4v) is 3.88. The van der Waals surface area contributed by atoms with Crippen molar-refractivity contribution in [3.8, 4) is 0 Å². The Morgan fingerprint density at radius 2 is 1.93 bits per heavy atom. The summed E-state index contributed by atoms with van der Waals surface area (Å²) in [5.41, 5.74) is -1.47. The number of nitrogens with zero attached hydrogens (tertiary/aromatic N) is 5. The monoisotopic (exact) mass is 435 g/mol. The van der Waals surface area contributed by atoms with Crippen LogP contribution in [0.2, 0.25) is 5.02 Å². The van der Waals surface area contributed by atoms with Crippen LogP contribution in [-0.4, -0.2) is 29.7 Å². The van der Waals surface area contributed by atoms with Crippen molar-refractivity contribution in [1.82, 2.24) is 24.5 Å². The number of rotatable bonds is 5. The molecule has 0 fully saturated rings. The second kappa shape index (κ2) is 7.41.